The van der Waals surface area contributed by atoms with E-state index in [1.54, 1.807) is 12.1 Å². The third-order valence-electron chi connectivity index (χ3n) is 9.22. The van der Waals surface area contributed by atoms with Gasteiger partial charge in [0.05, 0.1) is 5.52 Å². The molecule has 7 rings (SSSR count). The normalized spacial score (nSPS) is 15.6. The second-order valence-corrected chi connectivity index (χ2v) is 12.0. The zero-order valence-corrected chi connectivity index (χ0v) is 25.3. The van der Waals surface area contributed by atoms with Crippen LogP contribution in [0.3, 0.4) is 0 Å². The van der Waals surface area contributed by atoms with Crippen LogP contribution in [0.4, 0.5) is 10.2 Å². The monoisotopic (exact) mass is 600 g/mol. The van der Waals surface area contributed by atoms with Crippen LogP contribution in [0, 0.1) is 5.82 Å². The van der Waals surface area contributed by atoms with Crippen molar-refractivity contribution in [1.82, 2.24) is 15.2 Å². The molecule has 0 atom stereocenters. The van der Waals surface area contributed by atoms with Crippen molar-refractivity contribution in [2.24, 2.45) is 0 Å². The van der Waals surface area contributed by atoms with Crippen LogP contribution in [0.2, 0.25) is 0 Å². The van der Waals surface area contributed by atoms with Gasteiger partial charge in [-0.2, -0.15) is 0 Å². The van der Waals surface area contributed by atoms with E-state index in [1.807, 2.05) is 60.7 Å². The molecule has 1 aromatic heterocycles. The number of benzene rings is 4. The van der Waals surface area contributed by atoms with E-state index >= 15 is 0 Å². The summed E-state index contributed by atoms with van der Waals surface area (Å²) in [5, 5.41) is 4.36. The fraction of sp³-hybridized carbons (Fsp3) is 0.263. The number of pyridine rings is 1. The summed E-state index contributed by atoms with van der Waals surface area (Å²) >= 11 is 0. The molecule has 0 aliphatic carbocycles. The van der Waals surface area contributed by atoms with Crippen molar-refractivity contribution in [3.8, 4) is 11.5 Å². The van der Waals surface area contributed by atoms with Crippen molar-refractivity contribution >= 4 is 22.6 Å². The largest absolute Gasteiger partial charge is 0.457 e. The first-order chi connectivity index (χ1) is 22.1. The molecule has 4 aromatic carbocycles. The van der Waals surface area contributed by atoms with E-state index in [1.165, 1.54) is 12.1 Å². The quantitative estimate of drug-likeness (QED) is 0.183. The maximum atomic E-state index is 14.4. The number of aromatic nitrogens is 1. The Kier molecular flexibility index (Phi) is 8.18. The highest BCUT2D eigenvalue weighted by molar-refractivity contribution is 5.94. The molecule has 0 spiro atoms. The maximum Gasteiger partial charge on any atom is 0.235 e. The molecule has 1 N–H and O–H groups in total. The third kappa shape index (κ3) is 5.88. The van der Waals surface area contributed by atoms with Crippen LogP contribution in [0.5, 0.6) is 11.5 Å². The minimum Gasteiger partial charge on any atom is -0.457 e. The summed E-state index contributed by atoms with van der Waals surface area (Å²) in [6.07, 6.45) is 2.51. The van der Waals surface area contributed by atoms with E-state index < -0.39 is 5.41 Å². The first-order valence-corrected chi connectivity index (χ1v) is 15.8. The number of rotatable bonds is 9. The van der Waals surface area contributed by atoms with Gasteiger partial charge in [0.2, 0.25) is 5.91 Å². The average Bonchev–Trinajstić information content (AvgIpc) is 3.09. The van der Waals surface area contributed by atoms with Crippen molar-refractivity contribution in [3.05, 3.63) is 132 Å². The Labute approximate surface area is 263 Å². The topological polar surface area (TPSA) is 57.7 Å². The lowest BCUT2D eigenvalue weighted by molar-refractivity contribution is -0.126. The van der Waals surface area contributed by atoms with Crippen LogP contribution in [0.25, 0.3) is 10.9 Å². The number of anilines is 1. The van der Waals surface area contributed by atoms with Gasteiger partial charge in [0.1, 0.15) is 28.5 Å². The predicted molar refractivity (Wildman–Crippen MR) is 176 cm³/mol. The van der Waals surface area contributed by atoms with Crippen molar-refractivity contribution in [2.45, 2.75) is 31.2 Å². The van der Waals surface area contributed by atoms with Crippen LogP contribution in [0.15, 0.2) is 109 Å². The fourth-order valence-electron chi connectivity index (χ4n) is 6.80. The highest BCUT2D eigenvalue weighted by Gasteiger charge is 2.47. The zero-order valence-electron chi connectivity index (χ0n) is 25.3. The van der Waals surface area contributed by atoms with Gasteiger partial charge in [-0.1, -0.05) is 73.2 Å². The number of nitrogens with zero attached hydrogens (tertiary/aromatic N) is 3. The van der Waals surface area contributed by atoms with Gasteiger partial charge in [-0.15, -0.1) is 0 Å². The third-order valence-corrected chi connectivity index (χ3v) is 9.22. The lowest BCUT2D eigenvalue weighted by Crippen LogP contribution is -2.47. The number of halogens is 1. The van der Waals surface area contributed by atoms with Crippen molar-refractivity contribution in [3.63, 3.8) is 0 Å². The fourth-order valence-corrected chi connectivity index (χ4v) is 6.80. The number of nitrogens with one attached hydrogen (secondary N) is 1. The first-order valence-electron chi connectivity index (χ1n) is 15.8. The van der Waals surface area contributed by atoms with Gasteiger partial charge in [0.15, 0.2) is 0 Å². The average molecular weight is 601 g/mol. The van der Waals surface area contributed by atoms with E-state index in [0.717, 1.165) is 79.0 Å². The molecule has 6 nitrogen and oxygen atoms in total. The summed E-state index contributed by atoms with van der Waals surface area (Å²) in [6.45, 7) is 5.15. The second-order valence-electron chi connectivity index (χ2n) is 12.0. The summed E-state index contributed by atoms with van der Waals surface area (Å²) in [5.74, 6) is 2.11. The number of ether oxygens (including phenoxy) is 1. The standard InChI is InChI=1S/C38H37FN4O2/c39-30-18-15-28(16-19-30)27-40-37(44)38(31-10-2-5-13-34(31)45-35-14-6-3-11-32(35)38)21-7-8-22-42-23-25-43(26-24-42)36-20-17-29-9-1-4-12-33(29)41-36/h1-6,9-20H,7-8,21-27H2,(H,40,44). The van der Waals surface area contributed by atoms with Crippen LogP contribution >= 0.6 is 0 Å². The number of piperazine rings is 1. The lowest BCUT2D eigenvalue weighted by atomic mass is 9.68. The van der Waals surface area contributed by atoms with E-state index in [9.17, 15) is 9.18 Å². The van der Waals surface area contributed by atoms with E-state index in [0.29, 0.717) is 24.5 Å². The number of hydrogen-bond acceptors (Lipinski definition) is 5. The van der Waals surface area contributed by atoms with Crippen LogP contribution < -0.4 is 15.0 Å². The molecular weight excluding hydrogens is 563 g/mol. The molecule has 45 heavy (non-hydrogen) atoms. The Morgan fingerprint density at radius 1 is 0.778 bits per heavy atom. The lowest BCUT2D eigenvalue weighted by Gasteiger charge is -2.39. The molecule has 2 aliphatic heterocycles. The molecule has 3 heterocycles. The summed E-state index contributed by atoms with van der Waals surface area (Å²) in [6, 6.07) is 34.6. The molecule has 7 heteroatoms. The molecule has 1 amide bonds. The van der Waals surface area contributed by atoms with Gasteiger partial charge in [-0.25, -0.2) is 9.37 Å². The van der Waals surface area contributed by atoms with Crippen molar-refractivity contribution < 1.29 is 13.9 Å². The van der Waals surface area contributed by atoms with Crippen molar-refractivity contribution in [2.75, 3.05) is 37.6 Å². The number of amides is 1. The number of carbonyl (C=O) groups excluding carboxylic acids is 1. The van der Waals surface area contributed by atoms with Crippen LogP contribution in [-0.2, 0) is 16.8 Å². The Morgan fingerprint density at radius 3 is 2.18 bits per heavy atom. The van der Waals surface area contributed by atoms with Gasteiger partial charge in [-0.05, 0) is 67.4 Å². The molecule has 5 aromatic rings. The smallest absolute Gasteiger partial charge is 0.235 e. The summed E-state index contributed by atoms with van der Waals surface area (Å²) in [4.78, 5) is 24.2. The van der Waals surface area contributed by atoms with Gasteiger partial charge in [0, 0.05) is 49.2 Å². The summed E-state index contributed by atoms with van der Waals surface area (Å²) < 4.78 is 19.8. The first kappa shape index (κ1) is 29.0. The minimum atomic E-state index is -0.897. The molecule has 1 saturated heterocycles. The Bertz CT molecular complexity index is 1750. The van der Waals surface area contributed by atoms with Gasteiger partial charge < -0.3 is 15.0 Å². The zero-order chi connectivity index (χ0) is 30.6. The molecular formula is C38H37FN4O2. The molecule has 2 aliphatic rings. The molecule has 228 valence electrons. The minimum absolute atomic E-state index is 0.0634. The van der Waals surface area contributed by atoms with Gasteiger partial charge in [0.25, 0.3) is 0 Å². The number of hydrogen-bond donors (Lipinski definition) is 1. The predicted octanol–water partition coefficient (Wildman–Crippen LogP) is 7.07. The molecule has 0 unspecified atom stereocenters. The van der Waals surface area contributed by atoms with Crippen LogP contribution in [-0.4, -0.2) is 48.5 Å². The molecule has 0 saturated carbocycles. The van der Waals surface area contributed by atoms with E-state index in [4.69, 9.17) is 9.72 Å². The SMILES string of the molecule is O=C(NCc1ccc(F)cc1)C1(CCCCN2CCN(c3ccc4ccccc4n3)CC2)c2ccccc2Oc2ccccc21. The van der Waals surface area contributed by atoms with E-state index in [2.05, 4.69) is 39.4 Å². The summed E-state index contributed by atoms with van der Waals surface area (Å²) in [7, 11) is 0. The Balaban J connectivity index is 1.04. The maximum absolute atomic E-state index is 14.4. The number of para-hydroxylation sites is 3. The highest BCUT2D eigenvalue weighted by atomic mass is 19.1. The van der Waals surface area contributed by atoms with Gasteiger partial charge in [-0.3, -0.25) is 9.69 Å². The number of fused-ring (bicyclic) bond motifs is 3. The Morgan fingerprint density at radius 2 is 1.44 bits per heavy atom. The summed E-state index contributed by atoms with van der Waals surface area (Å²) in [5.41, 5.74) is 2.76. The molecule has 0 radical (unpaired) electrons. The number of unbranched alkanes of at least 4 members (excludes halogenated alkanes) is 1. The number of carbonyl (C=O) groups is 1. The van der Waals surface area contributed by atoms with Crippen molar-refractivity contribution in [1.29, 1.82) is 0 Å². The van der Waals surface area contributed by atoms with Crippen LogP contribution in [0.1, 0.15) is 36.0 Å². The van der Waals surface area contributed by atoms with Gasteiger partial charge >= 0.3 is 0 Å². The molecule has 0 bridgehead atoms. The Hall–Kier alpha value is -4.75. The highest BCUT2D eigenvalue weighted by Crippen LogP contribution is 2.50. The molecule has 1 fully saturated rings. The van der Waals surface area contributed by atoms with E-state index in [-0.39, 0.29) is 11.7 Å². The second kappa shape index (κ2) is 12.7.